The van der Waals surface area contributed by atoms with Gasteiger partial charge < -0.3 is 5.11 Å². The topological polar surface area (TPSA) is 49.3 Å². The number of carbonyl (C=O) groups is 1. The lowest BCUT2D eigenvalue weighted by atomic mass is 9.86. The number of rotatable bonds is 5. The summed E-state index contributed by atoms with van der Waals surface area (Å²) in [6.07, 6.45) is -4.44. The van der Waals surface area contributed by atoms with Crippen molar-refractivity contribution in [1.29, 1.82) is 0 Å². The van der Waals surface area contributed by atoms with Crippen molar-refractivity contribution >= 4 is 5.97 Å². The summed E-state index contributed by atoms with van der Waals surface area (Å²) in [4.78, 5) is 11.4. The van der Waals surface area contributed by atoms with Gasteiger partial charge in [-0.2, -0.15) is 13.2 Å². The third-order valence-corrected chi connectivity index (χ3v) is 3.03. The molecule has 0 radical (unpaired) electrons. The molecule has 0 aliphatic carbocycles. The van der Waals surface area contributed by atoms with Crippen LogP contribution in [0.5, 0.6) is 0 Å². The smallest absolute Gasteiger partial charge is 0.401 e. The summed E-state index contributed by atoms with van der Waals surface area (Å²) in [6.45, 7) is 2.01. The minimum Gasteiger partial charge on any atom is -0.480 e. The molecule has 2 N–H and O–H groups in total. The average molecular weight is 275 g/mol. The van der Waals surface area contributed by atoms with Gasteiger partial charge in [-0.3, -0.25) is 5.32 Å². The Morgan fingerprint density at radius 1 is 1.26 bits per heavy atom. The molecule has 0 aliphatic heterocycles. The predicted octanol–water partition coefficient (Wildman–Crippen LogP) is 2.84. The van der Waals surface area contributed by atoms with Gasteiger partial charge in [-0.25, -0.2) is 4.79 Å². The lowest BCUT2D eigenvalue weighted by Crippen LogP contribution is -2.51. The van der Waals surface area contributed by atoms with Gasteiger partial charge in [0.1, 0.15) is 5.54 Å². The molecule has 6 heteroatoms. The molecule has 0 saturated carbocycles. The quantitative estimate of drug-likeness (QED) is 0.868. The molecule has 0 bridgehead atoms. The molecule has 0 fully saturated rings. The first-order valence-corrected chi connectivity index (χ1v) is 5.83. The van der Waals surface area contributed by atoms with E-state index in [2.05, 4.69) is 5.32 Å². The number of benzene rings is 1. The van der Waals surface area contributed by atoms with Crippen molar-refractivity contribution in [3.8, 4) is 0 Å². The highest BCUT2D eigenvalue weighted by Gasteiger charge is 2.41. The normalized spacial score (nSPS) is 15.0. The minimum atomic E-state index is -4.46. The van der Waals surface area contributed by atoms with Crippen LogP contribution >= 0.6 is 0 Å². The fourth-order valence-corrected chi connectivity index (χ4v) is 1.87. The summed E-state index contributed by atoms with van der Waals surface area (Å²) in [5.74, 6) is -1.32. The van der Waals surface area contributed by atoms with Crippen LogP contribution in [0.4, 0.5) is 13.2 Å². The van der Waals surface area contributed by atoms with E-state index < -0.39 is 24.2 Å². The van der Waals surface area contributed by atoms with Crippen molar-refractivity contribution in [2.75, 3.05) is 6.54 Å². The van der Waals surface area contributed by atoms with Crippen LogP contribution in [-0.2, 0) is 10.3 Å². The second-order valence-electron chi connectivity index (χ2n) is 4.40. The number of aryl methyl sites for hydroxylation is 1. The van der Waals surface area contributed by atoms with Gasteiger partial charge in [0.05, 0.1) is 6.54 Å². The van der Waals surface area contributed by atoms with Gasteiger partial charge in [0.2, 0.25) is 0 Å². The maximum Gasteiger partial charge on any atom is 0.401 e. The second-order valence-corrected chi connectivity index (χ2v) is 4.40. The van der Waals surface area contributed by atoms with Gasteiger partial charge >= 0.3 is 12.1 Å². The van der Waals surface area contributed by atoms with Gasteiger partial charge in [-0.1, -0.05) is 36.8 Å². The number of alkyl halides is 3. The highest BCUT2D eigenvalue weighted by atomic mass is 19.4. The van der Waals surface area contributed by atoms with Gasteiger partial charge in [0, 0.05) is 0 Å². The van der Waals surface area contributed by atoms with Crippen LogP contribution in [0.25, 0.3) is 0 Å². The third-order valence-electron chi connectivity index (χ3n) is 3.03. The van der Waals surface area contributed by atoms with E-state index in [-0.39, 0.29) is 6.42 Å². The van der Waals surface area contributed by atoms with Crippen LogP contribution in [0.15, 0.2) is 24.3 Å². The predicted molar refractivity (Wildman–Crippen MR) is 64.8 cm³/mol. The summed E-state index contributed by atoms with van der Waals surface area (Å²) in [7, 11) is 0. The first-order valence-electron chi connectivity index (χ1n) is 5.83. The zero-order valence-electron chi connectivity index (χ0n) is 10.7. The first kappa shape index (κ1) is 15.5. The van der Waals surface area contributed by atoms with Crippen molar-refractivity contribution in [2.24, 2.45) is 0 Å². The Morgan fingerprint density at radius 3 is 2.16 bits per heavy atom. The molecule has 1 atom stereocenters. The van der Waals surface area contributed by atoms with Crippen molar-refractivity contribution in [3.63, 3.8) is 0 Å². The van der Waals surface area contributed by atoms with Gasteiger partial charge in [-0.05, 0) is 18.9 Å². The zero-order valence-corrected chi connectivity index (χ0v) is 10.7. The number of aliphatic carboxylic acids is 1. The molecule has 0 saturated heterocycles. The molecule has 0 spiro atoms. The SMILES string of the molecule is CCC(NCC(F)(F)F)(C(=O)O)c1ccc(C)cc1. The van der Waals surface area contributed by atoms with Crippen LogP contribution in [0, 0.1) is 6.92 Å². The van der Waals surface area contributed by atoms with E-state index in [4.69, 9.17) is 0 Å². The number of carboxylic acids is 1. The van der Waals surface area contributed by atoms with Crippen molar-refractivity contribution in [1.82, 2.24) is 5.32 Å². The molecule has 19 heavy (non-hydrogen) atoms. The standard InChI is InChI=1S/C13H16F3NO2/c1-3-12(11(18)19,17-8-13(14,15)16)10-6-4-9(2)5-7-10/h4-7,17H,3,8H2,1-2H3,(H,18,19). The third kappa shape index (κ3) is 3.70. The molecule has 1 aromatic rings. The average Bonchev–Trinajstić information content (AvgIpc) is 2.30. The molecular weight excluding hydrogens is 259 g/mol. The van der Waals surface area contributed by atoms with E-state index in [1.165, 1.54) is 19.1 Å². The van der Waals surface area contributed by atoms with E-state index in [0.29, 0.717) is 5.56 Å². The van der Waals surface area contributed by atoms with E-state index in [0.717, 1.165) is 5.56 Å². The Kier molecular flexibility index (Phi) is 4.57. The Balaban J connectivity index is 3.12. The molecule has 0 aliphatic rings. The van der Waals surface area contributed by atoms with E-state index >= 15 is 0 Å². The lowest BCUT2D eigenvalue weighted by Gasteiger charge is -2.30. The lowest BCUT2D eigenvalue weighted by molar-refractivity contribution is -0.151. The summed E-state index contributed by atoms with van der Waals surface area (Å²) in [5, 5.41) is 11.4. The molecule has 0 aromatic heterocycles. The molecule has 1 aromatic carbocycles. The number of nitrogens with one attached hydrogen (secondary N) is 1. The Labute approximate surface area is 109 Å². The second kappa shape index (κ2) is 5.61. The Morgan fingerprint density at radius 2 is 1.79 bits per heavy atom. The van der Waals surface area contributed by atoms with Crippen molar-refractivity contribution in [2.45, 2.75) is 32.0 Å². The zero-order chi connectivity index (χ0) is 14.7. The molecule has 1 unspecified atom stereocenters. The minimum absolute atomic E-state index is 0.0154. The van der Waals surface area contributed by atoms with Gasteiger partial charge in [0.15, 0.2) is 0 Å². The van der Waals surface area contributed by atoms with Crippen LogP contribution < -0.4 is 5.32 Å². The summed E-state index contributed by atoms with van der Waals surface area (Å²) >= 11 is 0. The first-order chi connectivity index (χ1) is 8.71. The highest BCUT2D eigenvalue weighted by Crippen LogP contribution is 2.27. The largest absolute Gasteiger partial charge is 0.480 e. The monoisotopic (exact) mass is 275 g/mol. The van der Waals surface area contributed by atoms with Crippen LogP contribution in [-0.4, -0.2) is 23.8 Å². The molecular formula is C13H16F3NO2. The number of hydrogen-bond acceptors (Lipinski definition) is 2. The van der Waals surface area contributed by atoms with Gasteiger partial charge in [-0.15, -0.1) is 0 Å². The maximum atomic E-state index is 12.3. The fourth-order valence-electron chi connectivity index (χ4n) is 1.87. The maximum absolute atomic E-state index is 12.3. The number of hydrogen-bond donors (Lipinski definition) is 2. The number of halogens is 3. The Hall–Kier alpha value is -1.56. The summed E-state index contributed by atoms with van der Waals surface area (Å²) in [5.41, 5.74) is -0.490. The van der Waals surface area contributed by atoms with E-state index in [1.54, 1.807) is 12.1 Å². The van der Waals surface area contributed by atoms with E-state index in [1.807, 2.05) is 6.92 Å². The van der Waals surface area contributed by atoms with Gasteiger partial charge in [0.25, 0.3) is 0 Å². The molecule has 3 nitrogen and oxygen atoms in total. The van der Waals surface area contributed by atoms with E-state index in [9.17, 15) is 23.1 Å². The van der Waals surface area contributed by atoms with Crippen LogP contribution in [0.3, 0.4) is 0 Å². The molecule has 0 heterocycles. The summed E-state index contributed by atoms with van der Waals surface area (Å²) < 4.78 is 36.9. The fraction of sp³-hybridized carbons (Fsp3) is 0.462. The van der Waals surface area contributed by atoms with Crippen molar-refractivity contribution < 1.29 is 23.1 Å². The molecule has 0 amide bonds. The highest BCUT2D eigenvalue weighted by molar-refractivity contribution is 5.80. The Bertz CT molecular complexity index is 442. The molecule has 106 valence electrons. The summed E-state index contributed by atoms with van der Waals surface area (Å²) in [6, 6.07) is 6.43. The molecule has 1 rings (SSSR count). The van der Waals surface area contributed by atoms with Crippen LogP contribution in [0.2, 0.25) is 0 Å². The van der Waals surface area contributed by atoms with Crippen molar-refractivity contribution in [3.05, 3.63) is 35.4 Å². The number of carboxylic acid groups (broad SMARTS) is 1. The van der Waals surface area contributed by atoms with Crippen LogP contribution in [0.1, 0.15) is 24.5 Å².